The Labute approximate surface area is 155 Å². The molecule has 0 bridgehead atoms. The van der Waals surface area contributed by atoms with Gasteiger partial charge in [-0.2, -0.15) is 13.2 Å². The van der Waals surface area contributed by atoms with Crippen LogP contribution < -0.4 is 5.48 Å². The molecule has 3 aliphatic rings. The quantitative estimate of drug-likeness (QED) is 0.466. The minimum absolute atomic E-state index is 0.107. The van der Waals surface area contributed by atoms with Crippen LogP contribution in [0.3, 0.4) is 0 Å². The summed E-state index contributed by atoms with van der Waals surface area (Å²) in [5.74, 6) is -0.599. The van der Waals surface area contributed by atoms with Gasteiger partial charge >= 0.3 is 6.30 Å². The Kier molecular flexibility index (Phi) is 4.64. The topological polar surface area (TPSA) is 68.7 Å². The van der Waals surface area contributed by atoms with Crippen LogP contribution in [-0.2, 0) is 13.0 Å². The number of hydrogen-bond acceptors (Lipinski definition) is 5. The highest BCUT2D eigenvalue weighted by Crippen LogP contribution is 2.50. The Hall–Kier alpha value is -1.71. The van der Waals surface area contributed by atoms with Crippen molar-refractivity contribution in [3.05, 3.63) is 29.1 Å². The van der Waals surface area contributed by atoms with E-state index in [-0.39, 0.29) is 12.6 Å². The average Bonchev–Trinajstić information content (AvgIpc) is 2.63. The van der Waals surface area contributed by atoms with Gasteiger partial charge in [0.1, 0.15) is 0 Å². The van der Waals surface area contributed by atoms with E-state index in [1.165, 1.54) is 6.20 Å². The Bertz CT molecular complexity index is 734. The molecular formula is C18H23F3N4O2. The zero-order valence-electron chi connectivity index (χ0n) is 14.9. The van der Waals surface area contributed by atoms with Crippen molar-refractivity contribution in [2.24, 2.45) is 0 Å². The van der Waals surface area contributed by atoms with Crippen molar-refractivity contribution >= 4 is 5.91 Å². The lowest BCUT2D eigenvalue weighted by Crippen LogP contribution is -2.68. The van der Waals surface area contributed by atoms with Crippen molar-refractivity contribution in [1.29, 1.82) is 0 Å². The minimum Gasteiger partial charge on any atom is -0.294 e. The van der Waals surface area contributed by atoms with Crippen LogP contribution in [0.15, 0.2) is 12.3 Å². The van der Waals surface area contributed by atoms with Crippen LogP contribution in [0.1, 0.15) is 53.7 Å². The van der Waals surface area contributed by atoms with Gasteiger partial charge in [-0.15, -0.1) is 0 Å². The van der Waals surface area contributed by atoms with Crippen LogP contribution in [0, 0.1) is 0 Å². The smallest absolute Gasteiger partial charge is 0.294 e. The zero-order valence-corrected chi connectivity index (χ0v) is 14.9. The second-order valence-corrected chi connectivity index (χ2v) is 7.85. The Morgan fingerprint density at radius 3 is 2.78 bits per heavy atom. The molecule has 1 aromatic rings. The molecule has 1 aliphatic carbocycles. The van der Waals surface area contributed by atoms with Crippen LogP contribution >= 0.6 is 0 Å². The van der Waals surface area contributed by atoms with Crippen molar-refractivity contribution in [2.75, 3.05) is 13.1 Å². The molecule has 2 aliphatic heterocycles. The predicted molar refractivity (Wildman–Crippen MR) is 90.0 cm³/mol. The van der Waals surface area contributed by atoms with Crippen molar-refractivity contribution in [2.45, 2.75) is 63.0 Å². The van der Waals surface area contributed by atoms with E-state index in [9.17, 15) is 18.0 Å². The first-order valence-corrected chi connectivity index (χ1v) is 9.33. The summed E-state index contributed by atoms with van der Waals surface area (Å²) in [4.78, 5) is 18.8. The Morgan fingerprint density at radius 1 is 1.30 bits per heavy atom. The van der Waals surface area contributed by atoms with Gasteiger partial charge in [-0.1, -0.05) is 6.42 Å². The fourth-order valence-corrected chi connectivity index (χ4v) is 4.93. The molecule has 0 unspecified atom stereocenters. The molecule has 0 aromatic carbocycles. The molecule has 148 valence electrons. The van der Waals surface area contributed by atoms with Gasteiger partial charge in [0, 0.05) is 37.4 Å². The number of nitrogens with one attached hydrogen (secondary N) is 1. The first-order chi connectivity index (χ1) is 12.8. The summed E-state index contributed by atoms with van der Waals surface area (Å²) >= 11 is 0. The first kappa shape index (κ1) is 18.6. The van der Waals surface area contributed by atoms with Gasteiger partial charge in [-0.25, -0.2) is 10.4 Å². The third-order valence-corrected chi connectivity index (χ3v) is 6.34. The van der Waals surface area contributed by atoms with Crippen LogP contribution in [-0.4, -0.2) is 56.9 Å². The summed E-state index contributed by atoms with van der Waals surface area (Å²) in [5, 5.41) is 8.73. The number of carbonyl (C=O) groups excluding carboxylic acids is 1. The van der Waals surface area contributed by atoms with E-state index in [4.69, 9.17) is 5.21 Å². The lowest BCUT2D eigenvalue weighted by molar-refractivity contribution is -0.301. The summed E-state index contributed by atoms with van der Waals surface area (Å²) < 4.78 is 40.2. The maximum atomic E-state index is 13.4. The summed E-state index contributed by atoms with van der Waals surface area (Å²) in [6.45, 7) is 1.44. The number of aromatic nitrogens is 1. The number of alkyl halides is 3. The number of carbonyl (C=O) groups is 1. The van der Waals surface area contributed by atoms with Crippen LogP contribution in [0.25, 0.3) is 0 Å². The molecule has 4 rings (SSSR count). The Balaban J connectivity index is 1.43. The van der Waals surface area contributed by atoms with Gasteiger partial charge in [0.05, 0.1) is 11.3 Å². The molecule has 2 N–H and O–H groups in total. The SMILES string of the molecule is O=C(NO)c1cnc2c(c1)CCN(C1CC3(CCCCN3C(F)(F)F)C1)C2. The molecule has 1 amide bonds. The summed E-state index contributed by atoms with van der Waals surface area (Å²) in [6, 6.07) is 1.86. The lowest BCUT2D eigenvalue weighted by atomic mass is 9.66. The van der Waals surface area contributed by atoms with Crippen LogP contribution in [0.2, 0.25) is 0 Å². The van der Waals surface area contributed by atoms with E-state index in [2.05, 4.69) is 9.88 Å². The molecule has 3 heterocycles. The number of piperidine rings is 1. The molecule has 1 saturated carbocycles. The van der Waals surface area contributed by atoms with Gasteiger partial charge in [-0.05, 0) is 43.7 Å². The number of halogens is 3. The number of hydroxylamine groups is 1. The Morgan fingerprint density at radius 2 is 2.07 bits per heavy atom. The largest absolute Gasteiger partial charge is 0.460 e. The minimum atomic E-state index is -4.26. The molecule has 2 fully saturated rings. The van der Waals surface area contributed by atoms with Gasteiger partial charge in [0.15, 0.2) is 0 Å². The molecule has 1 spiro atoms. The van der Waals surface area contributed by atoms with Crippen molar-refractivity contribution in [3.63, 3.8) is 0 Å². The summed E-state index contributed by atoms with van der Waals surface area (Å²) in [5.41, 5.74) is 2.98. The van der Waals surface area contributed by atoms with E-state index >= 15 is 0 Å². The number of rotatable bonds is 2. The van der Waals surface area contributed by atoms with Gasteiger partial charge < -0.3 is 0 Å². The van der Waals surface area contributed by atoms with E-state index in [0.717, 1.165) is 29.1 Å². The van der Waals surface area contributed by atoms with E-state index < -0.39 is 17.7 Å². The first-order valence-electron chi connectivity index (χ1n) is 9.33. The summed E-state index contributed by atoms with van der Waals surface area (Å²) in [6.07, 6.45) is 1.04. The molecular weight excluding hydrogens is 361 g/mol. The van der Waals surface area contributed by atoms with Gasteiger partial charge in [0.2, 0.25) is 0 Å². The molecule has 1 aromatic heterocycles. The van der Waals surface area contributed by atoms with Crippen LogP contribution in [0.5, 0.6) is 0 Å². The van der Waals surface area contributed by atoms with Crippen molar-refractivity contribution in [1.82, 2.24) is 20.3 Å². The number of pyridine rings is 1. The molecule has 6 nitrogen and oxygen atoms in total. The highest BCUT2D eigenvalue weighted by Gasteiger charge is 2.58. The number of hydrogen-bond donors (Lipinski definition) is 2. The van der Waals surface area contributed by atoms with Gasteiger partial charge in [-0.3, -0.25) is 19.9 Å². The number of likely N-dealkylation sites (tertiary alicyclic amines) is 1. The highest BCUT2D eigenvalue weighted by atomic mass is 19.4. The highest BCUT2D eigenvalue weighted by molar-refractivity contribution is 5.93. The second kappa shape index (κ2) is 6.72. The third-order valence-electron chi connectivity index (χ3n) is 6.34. The standard InChI is InChI=1S/C18H23F3N4O2/c19-18(20,21)25-5-2-1-4-17(25)8-14(9-17)24-6-3-12-7-13(16(26)23-27)10-22-15(12)11-24/h7,10,14,27H,1-6,8-9,11H2,(H,23,26). The van der Waals surface area contributed by atoms with Crippen molar-refractivity contribution < 1.29 is 23.2 Å². The van der Waals surface area contributed by atoms with E-state index in [1.54, 1.807) is 11.5 Å². The fourth-order valence-electron chi connectivity index (χ4n) is 4.93. The third kappa shape index (κ3) is 3.32. The lowest BCUT2D eigenvalue weighted by Gasteiger charge is -2.59. The molecule has 1 saturated heterocycles. The molecule has 0 radical (unpaired) electrons. The zero-order chi connectivity index (χ0) is 19.2. The van der Waals surface area contributed by atoms with E-state index in [1.807, 2.05) is 0 Å². The van der Waals surface area contributed by atoms with Crippen molar-refractivity contribution in [3.8, 4) is 0 Å². The van der Waals surface area contributed by atoms with E-state index in [0.29, 0.717) is 44.2 Å². The normalized spacial score (nSPS) is 29.3. The monoisotopic (exact) mass is 384 g/mol. The molecule has 9 heteroatoms. The van der Waals surface area contributed by atoms with Gasteiger partial charge in [0.25, 0.3) is 5.91 Å². The summed E-state index contributed by atoms with van der Waals surface area (Å²) in [7, 11) is 0. The number of nitrogens with zero attached hydrogens (tertiary/aromatic N) is 3. The maximum absolute atomic E-state index is 13.4. The van der Waals surface area contributed by atoms with Crippen LogP contribution in [0.4, 0.5) is 13.2 Å². The second-order valence-electron chi connectivity index (χ2n) is 7.85. The number of fused-ring (bicyclic) bond motifs is 1. The molecule has 27 heavy (non-hydrogen) atoms. The molecule has 0 atom stereocenters. The fraction of sp³-hybridized carbons (Fsp3) is 0.667. The predicted octanol–water partition coefficient (Wildman–Crippen LogP) is 2.47. The number of amides is 1. The maximum Gasteiger partial charge on any atom is 0.460 e. The average molecular weight is 384 g/mol.